The Morgan fingerprint density at radius 1 is 1.27 bits per heavy atom. The zero-order valence-corrected chi connectivity index (χ0v) is 9.95. The van der Waals surface area contributed by atoms with Crippen LogP contribution in [0.1, 0.15) is 32.6 Å². The van der Waals surface area contributed by atoms with Crippen LogP contribution in [-0.4, -0.2) is 5.75 Å². The van der Waals surface area contributed by atoms with Crippen molar-refractivity contribution < 1.29 is 4.39 Å². The van der Waals surface area contributed by atoms with Crippen LogP contribution in [0.5, 0.6) is 0 Å². The average molecular weight is 227 g/mol. The van der Waals surface area contributed by atoms with Crippen LogP contribution >= 0.6 is 11.8 Å². The molecule has 1 aromatic carbocycles. The third-order valence-electron chi connectivity index (χ3n) is 2.23. The summed E-state index contributed by atoms with van der Waals surface area (Å²) in [5.74, 6) is 0.813. The molecular formula is C12H18FNS. The first-order chi connectivity index (χ1) is 7.24. The molecule has 0 unspecified atom stereocenters. The molecule has 2 N–H and O–H groups in total. The number of rotatable bonds is 6. The fourth-order valence-corrected chi connectivity index (χ4v) is 2.34. The normalized spacial score (nSPS) is 10.5. The second-order valence-electron chi connectivity index (χ2n) is 3.59. The van der Waals surface area contributed by atoms with E-state index in [1.807, 2.05) is 0 Å². The number of unbranched alkanes of at least 4 members (excludes halogenated alkanes) is 3. The van der Waals surface area contributed by atoms with Gasteiger partial charge in [0.25, 0.3) is 0 Å². The van der Waals surface area contributed by atoms with Crippen LogP contribution < -0.4 is 5.73 Å². The van der Waals surface area contributed by atoms with Gasteiger partial charge in [-0.25, -0.2) is 4.39 Å². The van der Waals surface area contributed by atoms with Gasteiger partial charge in [0.2, 0.25) is 0 Å². The number of nitrogen functional groups attached to an aromatic ring is 1. The van der Waals surface area contributed by atoms with Crippen LogP contribution in [-0.2, 0) is 0 Å². The Morgan fingerprint density at radius 2 is 2.07 bits per heavy atom. The summed E-state index contributed by atoms with van der Waals surface area (Å²) in [6.45, 7) is 2.19. The predicted octanol–water partition coefficient (Wildman–Crippen LogP) is 4.08. The molecule has 0 spiro atoms. The SMILES string of the molecule is CCCCCCSc1cc(F)ccc1N. The molecule has 0 radical (unpaired) electrons. The van der Waals surface area contributed by atoms with E-state index in [-0.39, 0.29) is 5.82 Å². The monoisotopic (exact) mass is 227 g/mol. The number of benzene rings is 1. The Morgan fingerprint density at radius 3 is 2.80 bits per heavy atom. The summed E-state index contributed by atoms with van der Waals surface area (Å²) in [7, 11) is 0. The van der Waals surface area contributed by atoms with Crippen molar-refractivity contribution >= 4 is 17.4 Å². The van der Waals surface area contributed by atoms with Gasteiger partial charge >= 0.3 is 0 Å². The zero-order valence-electron chi connectivity index (χ0n) is 9.13. The number of anilines is 1. The molecule has 0 fully saturated rings. The first kappa shape index (κ1) is 12.4. The van der Waals surface area contributed by atoms with E-state index in [1.54, 1.807) is 17.8 Å². The largest absolute Gasteiger partial charge is 0.398 e. The van der Waals surface area contributed by atoms with Gasteiger partial charge in [0, 0.05) is 10.6 Å². The Kier molecular flexibility index (Phi) is 5.54. The van der Waals surface area contributed by atoms with Crippen molar-refractivity contribution in [3.05, 3.63) is 24.0 Å². The minimum Gasteiger partial charge on any atom is -0.398 e. The highest BCUT2D eigenvalue weighted by Crippen LogP contribution is 2.26. The van der Waals surface area contributed by atoms with Gasteiger partial charge in [-0.15, -0.1) is 11.8 Å². The Bertz CT molecular complexity index is 302. The molecule has 1 rings (SSSR count). The van der Waals surface area contributed by atoms with E-state index >= 15 is 0 Å². The molecule has 15 heavy (non-hydrogen) atoms. The van der Waals surface area contributed by atoms with E-state index < -0.39 is 0 Å². The second kappa shape index (κ2) is 6.72. The molecule has 0 amide bonds. The summed E-state index contributed by atoms with van der Waals surface area (Å²) in [4.78, 5) is 0.867. The minimum atomic E-state index is -0.208. The van der Waals surface area contributed by atoms with Gasteiger partial charge in [0.15, 0.2) is 0 Å². The lowest BCUT2D eigenvalue weighted by molar-refractivity contribution is 0.624. The van der Waals surface area contributed by atoms with Gasteiger partial charge in [0.05, 0.1) is 0 Å². The van der Waals surface area contributed by atoms with Crippen molar-refractivity contribution in [1.29, 1.82) is 0 Å². The number of nitrogens with two attached hydrogens (primary N) is 1. The predicted molar refractivity (Wildman–Crippen MR) is 65.7 cm³/mol. The molecule has 84 valence electrons. The molecule has 0 bridgehead atoms. The fourth-order valence-electron chi connectivity index (χ4n) is 1.34. The Labute approximate surface area is 95.2 Å². The lowest BCUT2D eigenvalue weighted by Gasteiger charge is -2.05. The molecule has 1 nitrogen and oxygen atoms in total. The third kappa shape index (κ3) is 4.56. The molecule has 0 heterocycles. The van der Waals surface area contributed by atoms with E-state index in [1.165, 1.54) is 37.8 Å². The van der Waals surface area contributed by atoms with Crippen molar-refractivity contribution in [3.63, 3.8) is 0 Å². The maximum Gasteiger partial charge on any atom is 0.124 e. The first-order valence-electron chi connectivity index (χ1n) is 5.42. The van der Waals surface area contributed by atoms with E-state index in [9.17, 15) is 4.39 Å². The number of thioether (sulfide) groups is 1. The molecule has 0 aliphatic carbocycles. The fraction of sp³-hybridized carbons (Fsp3) is 0.500. The molecule has 0 saturated heterocycles. The third-order valence-corrected chi connectivity index (χ3v) is 3.39. The molecule has 0 atom stereocenters. The van der Waals surface area contributed by atoms with E-state index in [2.05, 4.69) is 6.92 Å². The second-order valence-corrected chi connectivity index (χ2v) is 4.73. The summed E-state index contributed by atoms with van der Waals surface area (Å²) in [5, 5.41) is 0. The van der Waals surface area contributed by atoms with Gasteiger partial charge in [-0.05, 0) is 30.4 Å². The van der Waals surface area contributed by atoms with Crippen LogP contribution in [0.15, 0.2) is 23.1 Å². The smallest absolute Gasteiger partial charge is 0.124 e. The van der Waals surface area contributed by atoms with Crippen molar-refractivity contribution in [2.45, 2.75) is 37.5 Å². The van der Waals surface area contributed by atoms with E-state index in [0.29, 0.717) is 5.69 Å². The van der Waals surface area contributed by atoms with Crippen molar-refractivity contribution in [2.75, 3.05) is 11.5 Å². The summed E-state index contributed by atoms with van der Waals surface area (Å²) >= 11 is 1.65. The molecule has 1 aromatic rings. The quantitative estimate of drug-likeness (QED) is 0.450. The van der Waals surface area contributed by atoms with Crippen LogP contribution in [0.25, 0.3) is 0 Å². The van der Waals surface area contributed by atoms with Crippen molar-refractivity contribution in [2.24, 2.45) is 0 Å². The van der Waals surface area contributed by atoms with Crippen molar-refractivity contribution in [1.82, 2.24) is 0 Å². The number of hydrogen-bond donors (Lipinski definition) is 1. The van der Waals surface area contributed by atoms with Crippen molar-refractivity contribution in [3.8, 4) is 0 Å². The van der Waals surface area contributed by atoms with Crippen LogP contribution in [0.3, 0.4) is 0 Å². The molecule has 3 heteroatoms. The molecule has 0 aliphatic rings. The van der Waals surface area contributed by atoms with E-state index in [0.717, 1.165) is 10.6 Å². The highest BCUT2D eigenvalue weighted by Gasteiger charge is 2.01. The van der Waals surface area contributed by atoms with Gasteiger partial charge in [-0.2, -0.15) is 0 Å². The van der Waals surface area contributed by atoms with Crippen LogP contribution in [0.4, 0.5) is 10.1 Å². The number of halogens is 1. The highest BCUT2D eigenvalue weighted by atomic mass is 32.2. The lowest BCUT2D eigenvalue weighted by atomic mass is 10.2. The van der Waals surface area contributed by atoms with E-state index in [4.69, 9.17) is 5.73 Å². The lowest BCUT2D eigenvalue weighted by Crippen LogP contribution is -1.90. The standard InChI is InChI=1S/C12H18FNS/c1-2-3-4-5-8-15-12-9-10(13)6-7-11(12)14/h6-7,9H,2-5,8,14H2,1H3. The molecular weight excluding hydrogens is 209 g/mol. The molecule has 0 aliphatic heterocycles. The first-order valence-corrected chi connectivity index (χ1v) is 6.40. The summed E-state index contributed by atoms with van der Waals surface area (Å²) in [5.41, 5.74) is 6.42. The van der Waals surface area contributed by atoms with Crippen LogP contribution in [0.2, 0.25) is 0 Å². The summed E-state index contributed by atoms with van der Waals surface area (Å²) in [6, 6.07) is 4.54. The maximum atomic E-state index is 12.9. The molecule has 0 saturated carbocycles. The van der Waals surface area contributed by atoms with Gasteiger partial charge in [0.1, 0.15) is 5.82 Å². The zero-order chi connectivity index (χ0) is 11.1. The maximum absolute atomic E-state index is 12.9. The van der Waals surface area contributed by atoms with Gasteiger partial charge in [-0.1, -0.05) is 26.2 Å². The Hall–Kier alpha value is -0.700. The van der Waals surface area contributed by atoms with Gasteiger partial charge < -0.3 is 5.73 Å². The van der Waals surface area contributed by atoms with Gasteiger partial charge in [-0.3, -0.25) is 0 Å². The average Bonchev–Trinajstić information content (AvgIpc) is 2.23. The molecule has 0 aromatic heterocycles. The minimum absolute atomic E-state index is 0.208. The number of hydrogen-bond acceptors (Lipinski definition) is 2. The van der Waals surface area contributed by atoms with Crippen LogP contribution in [0, 0.1) is 5.82 Å². The summed E-state index contributed by atoms with van der Waals surface area (Å²) < 4.78 is 12.9. The summed E-state index contributed by atoms with van der Waals surface area (Å²) in [6.07, 6.45) is 4.94. The Balaban J connectivity index is 2.33. The topological polar surface area (TPSA) is 26.0 Å². The highest BCUT2D eigenvalue weighted by molar-refractivity contribution is 7.99.